The maximum atomic E-state index is 6.13. The third-order valence-electron chi connectivity index (χ3n) is 2.38. The second kappa shape index (κ2) is 6.04. The lowest BCUT2D eigenvalue weighted by Crippen LogP contribution is -2.20. The van der Waals surface area contributed by atoms with Crippen molar-refractivity contribution < 1.29 is 0 Å². The van der Waals surface area contributed by atoms with Crippen LogP contribution in [-0.2, 0) is 6.54 Å². The third-order valence-corrected chi connectivity index (χ3v) is 3.23. The first-order valence-corrected chi connectivity index (χ1v) is 6.70. The Kier molecular flexibility index (Phi) is 5.29. The first-order valence-electron chi connectivity index (χ1n) is 5.53. The van der Waals surface area contributed by atoms with Crippen molar-refractivity contribution in [2.24, 2.45) is 5.41 Å². The van der Waals surface area contributed by atoms with Gasteiger partial charge in [0.25, 0.3) is 0 Å². The molecule has 0 heterocycles. The fourth-order valence-electron chi connectivity index (χ4n) is 1.35. The Morgan fingerprint density at radius 2 is 2.00 bits per heavy atom. The quantitative estimate of drug-likeness (QED) is 0.800. The molecule has 1 aromatic carbocycles. The molecule has 0 unspecified atom stereocenters. The molecule has 0 aliphatic heterocycles. The lowest BCUT2D eigenvalue weighted by Gasteiger charge is -2.18. The van der Waals surface area contributed by atoms with Crippen molar-refractivity contribution >= 4 is 27.5 Å². The number of nitrogens with one attached hydrogen (secondary N) is 1. The highest BCUT2D eigenvalue weighted by Gasteiger charge is 2.09. The summed E-state index contributed by atoms with van der Waals surface area (Å²) in [6.45, 7) is 8.61. The molecule has 0 saturated heterocycles. The third kappa shape index (κ3) is 5.33. The summed E-state index contributed by atoms with van der Waals surface area (Å²) in [6, 6.07) is 6.01. The van der Waals surface area contributed by atoms with Crippen LogP contribution in [0.2, 0.25) is 5.02 Å². The van der Waals surface area contributed by atoms with Crippen LogP contribution in [0.4, 0.5) is 0 Å². The lowest BCUT2D eigenvalue weighted by molar-refractivity contribution is 0.366. The maximum absolute atomic E-state index is 6.13. The summed E-state index contributed by atoms with van der Waals surface area (Å²) in [7, 11) is 0. The summed E-state index contributed by atoms with van der Waals surface area (Å²) in [4.78, 5) is 0. The van der Waals surface area contributed by atoms with E-state index in [9.17, 15) is 0 Å². The van der Waals surface area contributed by atoms with Gasteiger partial charge in [-0.15, -0.1) is 0 Å². The number of hydrogen-bond acceptors (Lipinski definition) is 1. The largest absolute Gasteiger partial charge is 0.313 e. The molecule has 0 atom stereocenters. The van der Waals surface area contributed by atoms with E-state index in [2.05, 4.69) is 48.1 Å². The zero-order valence-corrected chi connectivity index (χ0v) is 12.5. The van der Waals surface area contributed by atoms with E-state index in [4.69, 9.17) is 11.6 Å². The van der Waals surface area contributed by atoms with Gasteiger partial charge < -0.3 is 5.32 Å². The normalized spacial score (nSPS) is 11.8. The predicted molar refractivity (Wildman–Crippen MR) is 74.9 cm³/mol. The van der Waals surface area contributed by atoms with Crippen molar-refractivity contribution in [3.8, 4) is 0 Å². The number of halogens is 2. The van der Waals surface area contributed by atoms with Crippen LogP contribution in [0.25, 0.3) is 0 Å². The molecule has 0 aliphatic rings. The molecule has 1 nitrogen and oxygen atoms in total. The van der Waals surface area contributed by atoms with Gasteiger partial charge in [-0.2, -0.15) is 0 Å². The molecule has 0 fully saturated rings. The van der Waals surface area contributed by atoms with Crippen LogP contribution in [0.15, 0.2) is 22.7 Å². The number of rotatable bonds is 4. The SMILES string of the molecule is CC(C)(C)CCNCc1ccc(Br)cc1Cl. The Labute approximate surface area is 112 Å². The predicted octanol–water partition coefficient (Wildman–Crippen LogP) is 4.63. The van der Waals surface area contributed by atoms with E-state index in [-0.39, 0.29) is 0 Å². The van der Waals surface area contributed by atoms with Gasteiger partial charge in [-0.05, 0) is 36.1 Å². The molecule has 0 amide bonds. The van der Waals surface area contributed by atoms with Gasteiger partial charge in [-0.3, -0.25) is 0 Å². The van der Waals surface area contributed by atoms with Crippen molar-refractivity contribution in [3.63, 3.8) is 0 Å². The Morgan fingerprint density at radius 1 is 1.31 bits per heavy atom. The van der Waals surface area contributed by atoms with Gasteiger partial charge in [0.1, 0.15) is 0 Å². The van der Waals surface area contributed by atoms with Gasteiger partial charge in [0.15, 0.2) is 0 Å². The van der Waals surface area contributed by atoms with E-state index in [1.54, 1.807) is 0 Å². The summed E-state index contributed by atoms with van der Waals surface area (Å²) >= 11 is 9.53. The fraction of sp³-hybridized carbons (Fsp3) is 0.538. The molecule has 3 heteroatoms. The molecular weight excluding hydrogens is 286 g/mol. The van der Waals surface area contributed by atoms with Crippen LogP contribution in [-0.4, -0.2) is 6.54 Å². The van der Waals surface area contributed by atoms with Crippen molar-refractivity contribution in [1.82, 2.24) is 5.32 Å². The minimum atomic E-state index is 0.385. The first-order chi connectivity index (χ1) is 7.38. The van der Waals surface area contributed by atoms with E-state index >= 15 is 0 Å². The number of hydrogen-bond donors (Lipinski definition) is 1. The second-order valence-electron chi connectivity index (χ2n) is 5.22. The molecule has 0 aliphatic carbocycles. The van der Waals surface area contributed by atoms with Gasteiger partial charge in [-0.25, -0.2) is 0 Å². The van der Waals surface area contributed by atoms with Gasteiger partial charge >= 0.3 is 0 Å². The number of benzene rings is 1. The summed E-state index contributed by atoms with van der Waals surface area (Å²) in [6.07, 6.45) is 1.17. The highest BCUT2D eigenvalue weighted by atomic mass is 79.9. The van der Waals surface area contributed by atoms with Crippen LogP contribution in [0, 0.1) is 5.41 Å². The first kappa shape index (κ1) is 14.0. The summed E-state index contributed by atoms with van der Waals surface area (Å²) < 4.78 is 1.02. The molecule has 1 aromatic rings. The van der Waals surface area contributed by atoms with E-state index in [1.807, 2.05) is 12.1 Å². The second-order valence-corrected chi connectivity index (χ2v) is 6.55. The molecule has 90 valence electrons. The van der Waals surface area contributed by atoms with Crippen LogP contribution in [0.1, 0.15) is 32.8 Å². The van der Waals surface area contributed by atoms with E-state index in [1.165, 1.54) is 6.42 Å². The zero-order chi connectivity index (χ0) is 12.2. The van der Waals surface area contributed by atoms with Gasteiger partial charge in [-0.1, -0.05) is 54.4 Å². The van der Waals surface area contributed by atoms with Crippen molar-refractivity contribution in [2.45, 2.75) is 33.7 Å². The lowest BCUT2D eigenvalue weighted by atomic mass is 9.92. The Bertz CT molecular complexity index is 344. The maximum Gasteiger partial charge on any atom is 0.0462 e. The molecular formula is C13H19BrClN. The Morgan fingerprint density at radius 3 is 2.56 bits per heavy atom. The minimum absolute atomic E-state index is 0.385. The Hall–Kier alpha value is -0.0500. The van der Waals surface area contributed by atoms with Crippen molar-refractivity contribution in [1.29, 1.82) is 0 Å². The molecule has 0 spiro atoms. The average Bonchev–Trinajstić information content (AvgIpc) is 2.13. The molecule has 0 bridgehead atoms. The fourth-order valence-corrected chi connectivity index (χ4v) is 2.09. The molecule has 16 heavy (non-hydrogen) atoms. The summed E-state index contributed by atoms with van der Waals surface area (Å²) in [5.74, 6) is 0. The van der Waals surface area contributed by atoms with Crippen molar-refractivity contribution in [3.05, 3.63) is 33.3 Å². The van der Waals surface area contributed by atoms with Gasteiger partial charge in [0, 0.05) is 16.0 Å². The highest BCUT2D eigenvalue weighted by molar-refractivity contribution is 9.10. The summed E-state index contributed by atoms with van der Waals surface area (Å²) in [5, 5.41) is 4.24. The average molecular weight is 305 g/mol. The van der Waals surface area contributed by atoms with Gasteiger partial charge in [0.05, 0.1) is 0 Å². The molecule has 0 radical (unpaired) electrons. The molecule has 1 N–H and O–H groups in total. The molecule has 1 rings (SSSR count). The van der Waals surface area contributed by atoms with Crippen LogP contribution in [0.3, 0.4) is 0 Å². The standard InChI is InChI=1S/C13H19BrClN/c1-13(2,3)6-7-16-9-10-4-5-11(14)8-12(10)15/h4-5,8,16H,6-7,9H2,1-3H3. The smallest absolute Gasteiger partial charge is 0.0462 e. The van der Waals surface area contributed by atoms with E-state index < -0.39 is 0 Å². The Balaban J connectivity index is 2.38. The van der Waals surface area contributed by atoms with E-state index in [0.29, 0.717) is 5.41 Å². The summed E-state index contributed by atoms with van der Waals surface area (Å²) in [5.41, 5.74) is 1.54. The molecule has 0 aromatic heterocycles. The minimum Gasteiger partial charge on any atom is -0.313 e. The zero-order valence-electron chi connectivity index (χ0n) is 10.1. The topological polar surface area (TPSA) is 12.0 Å². The van der Waals surface area contributed by atoms with E-state index in [0.717, 1.165) is 28.1 Å². The van der Waals surface area contributed by atoms with Gasteiger partial charge in [0.2, 0.25) is 0 Å². The van der Waals surface area contributed by atoms with Crippen LogP contribution in [0.5, 0.6) is 0 Å². The van der Waals surface area contributed by atoms with Crippen LogP contribution >= 0.6 is 27.5 Å². The molecule has 0 saturated carbocycles. The monoisotopic (exact) mass is 303 g/mol. The van der Waals surface area contributed by atoms with Crippen LogP contribution < -0.4 is 5.32 Å². The highest BCUT2D eigenvalue weighted by Crippen LogP contribution is 2.21. The van der Waals surface area contributed by atoms with Crippen molar-refractivity contribution in [2.75, 3.05) is 6.54 Å².